The van der Waals surface area contributed by atoms with Gasteiger partial charge in [0.05, 0.1) is 0 Å². The van der Waals surface area contributed by atoms with E-state index in [1.807, 2.05) is 18.0 Å². The summed E-state index contributed by atoms with van der Waals surface area (Å²) in [6, 6.07) is 2.29. The Labute approximate surface area is 133 Å². The molecule has 1 amide bonds. The Hall–Kier alpha value is -1.36. The van der Waals surface area contributed by atoms with Crippen LogP contribution in [0.1, 0.15) is 43.6 Å². The zero-order chi connectivity index (χ0) is 15.7. The monoisotopic (exact) mass is 304 g/mol. The summed E-state index contributed by atoms with van der Waals surface area (Å²) in [5.74, 6) is 1.60. The van der Waals surface area contributed by atoms with Crippen molar-refractivity contribution in [3.63, 3.8) is 0 Å². The van der Waals surface area contributed by atoms with E-state index < -0.39 is 0 Å². The molecule has 1 aliphatic carbocycles. The van der Waals surface area contributed by atoms with E-state index >= 15 is 0 Å². The quantitative estimate of drug-likeness (QED) is 0.854. The molecule has 0 spiro atoms. The highest BCUT2D eigenvalue weighted by Gasteiger charge is 2.33. The van der Waals surface area contributed by atoms with Gasteiger partial charge in [-0.3, -0.25) is 14.4 Å². The van der Waals surface area contributed by atoms with Crippen molar-refractivity contribution in [2.75, 3.05) is 26.2 Å². The van der Waals surface area contributed by atoms with Gasteiger partial charge in [0.25, 0.3) is 5.91 Å². The van der Waals surface area contributed by atoms with Gasteiger partial charge in [0.2, 0.25) is 0 Å². The Kier molecular flexibility index (Phi) is 4.52. The highest BCUT2D eigenvalue weighted by atomic mass is 16.2. The number of carbonyl (C=O) groups is 1. The summed E-state index contributed by atoms with van der Waals surface area (Å²) in [6.45, 7) is 8.60. The molecule has 5 heteroatoms. The second kappa shape index (κ2) is 6.41. The molecule has 1 saturated heterocycles. The number of aromatic nitrogens is 2. The van der Waals surface area contributed by atoms with E-state index in [0.29, 0.717) is 17.7 Å². The van der Waals surface area contributed by atoms with Crippen molar-refractivity contribution in [2.24, 2.45) is 18.9 Å². The SMILES string of the molecule is CC(C)C1CN(C(=O)c2ccnn2C)CCCN1CC1CC1. The summed E-state index contributed by atoms with van der Waals surface area (Å²) in [5.41, 5.74) is 0.693. The maximum absolute atomic E-state index is 12.8. The van der Waals surface area contributed by atoms with E-state index in [1.165, 1.54) is 19.4 Å². The molecule has 1 aromatic heterocycles. The molecular formula is C17H28N4O. The van der Waals surface area contributed by atoms with Crippen molar-refractivity contribution in [3.05, 3.63) is 18.0 Å². The summed E-state index contributed by atoms with van der Waals surface area (Å²) in [6.07, 6.45) is 5.54. The average Bonchev–Trinajstić information content (AvgIpc) is 3.23. The first kappa shape index (κ1) is 15.5. The van der Waals surface area contributed by atoms with Gasteiger partial charge in [-0.25, -0.2) is 0 Å². The number of hydrogen-bond donors (Lipinski definition) is 0. The topological polar surface area (TPSA) is 41.4 Å². The summed E-state index contributed by atoms with van der Waals surface area (Å²) >= 11 is 0. The smallest absolute Gasteiger partial charge is 0.272 e. The number of nitrogens with zero attached hydrogens (tertiary/aromatic N) is 4. The Morgan fingerprint density at radius 1 is 1.36 bits per heavy atom. The van der Waals surface area contributed by atoms with Gasteiger partial charge >= 0.3 is 0 Å². The fourth-order valence-electron chi connectivity index (χ4n) is 3.48. The zero-order valence-corrected chi connectivity index (χ0v) is 14.0. The van der Waals surface area contributed by atoms with Crippen molar-refractivity contribution in [2.45, 2.75) is 39.2 Å². The lowest BCUT2D eigenvalue weighted by Crippen LogP contribution is -2.46. The van der Waals surface area contributed by atoms with E-state index in [4.69, 9.17) is 0 Å². The molecule has 2 fully saturated rings. The Bertz CT molecular complexity index is 520. The Balaban J connectivity index is 1.73. The van der Waals surface area contributed by atoms with Crippen LogP contribution in [0.25, 0.3) is 0 Å². The van der Waals surface area contributed by atoms with E-state index in [9.17, 15) is 4.79 Å². The third-order valence-corrected chi connectivity index (χ3v) is 5.04. The molecule has 1 unspecified atom stereocenters. The lowest BCUT2D eigenvalue weighted by atomic mass is 10.0. The normalized spacial score (nSPS) is 23.8. The van der Waals surface area contributed by atoms with Gasteiger partial charge in [-0.15, -0.1) is 0 Å². The molecule has 122 valence electrons. The third-order valence-electron chi connectivity index (χ3n) is 5.04. The van der Waals surface area contributed by atoms with Crippen LogP contribution in [0.5, 0.6) is 0 Å². The van der Waals surface area contributed by atoms with Gasteiger partial charge < -0.3 is 4.90 Å². The van der Waals surface area contributed by atoms with Crippen molar-refractivity contribution < 1.29 is 4.79 Å². The van der Waals surface area contributed by atoms with Gasteiger partial charge in [-0.2, -0.15) is 5.10 Å². The van der Waals surface area contributed by atoms with Crippen LogP contribution in [-0.2, 0) is 7.05 Å². The van der Waals surface area contributed by atoms with Crippen molar-refractivity contribution in [3.8, 4) is 0 Å². The Morgan fingerprint density at radius 3 is 2.73 bits per heavy atom. The predicted octanol–water partition coefficient (Wildman–Crippen LogP) is 2.00. The van der Waals surface area contributed by atoms with Gasteiger partial charge in [0.15, 0.2) is 0 Å². The van der Waals surface area contributed by atoms with Gasteiger partial charge in [0, 0.05) is 45.5 Å². The van der Waals surface area contributed by atoms with Crippen LogP contribution in [0.15, 0.2) is 12.3 Å². The maximum atomic E-state index is 12.8. The number of aryl methyl sites for hydroxylation is 1. The van der Waals surface area contributed by atoms with Crippen molar-refractivity contribution >= 4 is 5.91 Å². The second-order valence-corrected chi connectivity index (χ2v) is 7.19. The minimum atomic E-state index is 0.124. The third kappa shape index (κ3) is 3.35. The summed E-state index contributed by atoms with van der Waals surface area (Å²) in [4.78, 5) is 17.5. The van der Waals surface area contributed by atoms with E-state index in [-0.39, 0.29) is 5.91 Å². The molecule has 0 aromatic carbocycles. The van der Waals surface area contributed by atoms with Crippen LogP contribution in [0.2, 0.25) is 0 Å². The standard InChI is InChI=1S/C17H28N4O/c1-13(2)16-12-21(17(22)15-7-8-18-19(15)3)10-4-9-20(16)11-14-5-6-14/h7-8,13-14,16H,4-6,9-12H2,1-3H3. The number of hydrogen-bond acceptors (Lipinski definition) is 3. The molecule has 1 atom stereocenters. The molecular weight excluding hydrogens is 276 g/mol. The Morgan fingerprint density at radius 2 is 2.14 bits per heavy atom. The molecule has 1 saturated carbocycles. The van der Waals surface area contributed by atoms with Crippen LogP contribution >= 0.6 is 0 Å². The lowest BCUT2D eigenvalue weighted by molar-refractivity contribution is 0.0693. The first-order valence-corrected chi connectivity index (χ1v) is 8.57. The minimum absolute atomic E-state index is 0.124. The number of rotatable bonds is 4. The fraction of sp³-hybridized carbons (Fsp3) is 0.765. The van der Waals surface area contributed by atoms with Crippen LogP contribution in [0.4, 0.5) is 0 Å². The van der Waals surface area contributed by atoms with E-state index in [2.05, 4.69) is 23.8 Å². The highest BCUT2D eigenvalue weighted by Crippen LogP contribution is 2.32. The van der Waals surface area contributed by atoms with Gasteiger partial charge in [-0.05, 0) is 37.2 Å². The minimum Gasteiger partial charge on any atom is -0.336 e. The van der Waals surface area contributed by atoms with Gasteiger partial charge in [-0.1, -0.05) is 13.8 Å². The first-order chi connectivity index (χ1) is 10.6. The second-order valence-electron chi connectivity index (χ2n) is 7.19. The number of carbonyl (C=O) groups excluding carboxylic acids is 1. The van der Waals surface area contributed by atoms with E-state index in [0.717, 1.165) is 32.0 Å². The molecule has 0 bridgehead atoms. The molecule has 0 radical (unpaired) electrons. The summed E-state index contributed by atoms with van der Waals surface area (Å²) in [5, 5.41) is 4.13. The lowest BCUT2D eigenvalue weighted by Gasteiger charge is -2.34. The molecule has 22 heavy (non-hydrogen) atoms. The predicted molar refractivity (Wildman–Crippen MR) is 86.7 cm³/mol. The molecule has 1 aliphatic heterocycles. The molecule has 2 aliphatic rings. The van der Waals surface area contributed by atoms with Crippen LogP contribution < -0.4 is 0 Å². The van der Waals surface area contributed by atoms with Gasteiger partial charge in [0.1, 0.15) is 5.69 Å². The van der Waals surface area contributed by atoms with E-state index in [1.54, 1.807) is 10.9 Å². The van der Waals surface area contributed by atoms with Crippen LogP contribution in [0, 0.1) is 11.8 Å². The molecule has 3 rings (SSSR count). The first-order valence-electron chi connectivity index (χ1n) is 8.57. The summed E-state index contributed by atoms with van der Waals surface area (Å²) in [7, 11) is 1.84. The van der Waals surface area contributed by atoms with Crippen molar-refractivity contribution in [1.82, 2.24) is 19.6 Å². The van der Waals surface area contributed by atoms with Crippen LogP contribution in [0.3, 0.4) is 0 Å². The highest BCUT2D eigenvalue weighted by molar-refractivity contribution is 5.92. The average molecular weight is 304 g/mol. The molecule has 2 heterocycles. The molecule has 1 aromatic rings. The fourth-order valence-corrected chi connectivity index (χ4v) is 3.48. The zero-order valence-electron chi connectivity index (χ0n) is 14.0. The summed E-state index contributed by atoms with van der Waals surface area (Å²) < 4.78 is 1.68. The van der Waals surface area contributed by atoms with Crippen LogP contribution in [-0.4, -0.2) is 57.7 Å². The number of amides is 1. The maximum Gasteiger partial charge on any atom is 0.272 e. The molecule has 0 N–H and O–H groups in total. The van der Waals surface area contributed by atoms with Crippen molar-refractivity contribution in [1.29, 1.82) is 0 Å². The molecule has 5 nitrogen and oxygen atoms in total. The largest absolute Gasteiger partial charge is 0.336 e.